The number of anilines is 2. The Kier molecular flexibility index (Phi) is 8.90. The fourth-order valence-corrected chi connectivity index (χ4v) is 4.81. The Labute approximate surface area is 207 Å². The molecule has 1 N–H and O–H groups in total. The molecule has 0 aromatic heterocycles. The van der Waals surface area contributed by atoms with E-state index in [0.717, 1.165) is 74.1 Å². The van der Waals surface area contributed by atoms with Crippen molar-refractivity contribution in [1.29, 1.82) is 0 Å². The van der Waals surface area contributed by atoms with Crippen molar-refractivity contribution in [3.05, 3.63) is 48.5 Å². The molecule has 7 nitrogen and oxygen atoms in total. The molecule has 0 atom stereocenters. The number of amides is 3. The number of hydrogen-bond acceptors (Lipinski definition) is 5. The van der Waals surface area contributed by atoms with E-state index in [-0.39, 0.29) is 6.10 Å². The summed E-state index contributed by atoms with van der Waals surface area (Å²) in [6.45, 7) is 2.88. The van der Waals surface area contributed by atoms with E-state index < -0.39 is 12.1 Å². The summed E-state index contributed by atoms with van der Waals surface area (Å²) in [6, 6.07) is 15.2. The highest BCUT2D eigenvalue weighted by atomic mass is 16.6. The molecule has 0 aliphatic carbocycles. The Morgan fingerprint density at radius 1 is 0.914 bits per heavy atom. The maximum atomic E-state index is 12.7. The predicted molar refractivity (Wildman–Crippen MR) is 137 cm³/mol. The van der Waals surface area contributed by atoms with Gasteiger partial charge in [-0.3, -0.25) is 4.90 Å². The molecule has 2 aliphatic heterocycles. The van der Waals surface area contributed by atoms with Crippen LogP contribution >= 0.6 is 0 Å². The van der Waals surface area contributed by atoms with E-state index in [9.17, 15) is 14.4 Å². The maximum Gasteiger partial charge on any atom is 0.415 e. The van der Waals surface area contributed by atoms with Crippen LogP contribution in [-0.4, -0.2) is 49.0 Å². The van der Waals surface area contributed by atoms with Crippen LogP contribution in [0.15, 0.2) is 48.5 Å². The molecule has 0 bridgehead atoms. The number of para-hydroxylation sites is 1. The van der Waals surface area contributed by atoms with Gasteiger partial charge in [0.1, 0.15) is 12.4 Å². The van der Waals surface area contributed by atoms with Gasteiger partial charge in [-0.1, -0.05) is 68.1 Å². The number of benzene rings is 2. The summed E-state index contributed by atoms with van der Waals surface area (Å²) in [4.78, 5) is 39.3. The van der Waals surface area contributed by atoms with E-state index in [2.05, 4.69) is 10.2 Å². The number of urea groups is 1. The van der Waals surface area contributed by atoms with Crippen molar-refractivity contribution >= 4 is 29.8 Å². The molecule has 1 saturated heterocycles. The number of ether oxygens (including phenoxy) is 1. The van der Waals surface area contributed by atoms with Gasteiger partial charge >= 0.3 is 12.1 Å². The van der Waals surface area contributed by atoms with E-state index in [1.54, 1.807) is 0 Å². The molecule has 35 heavy (non-hydrogen) atoms. The molecule has 3 amide bonds. The van der Waals surface area contributed by atoms with Crippen LogP contribution in [0, 0.1) is 0 Å². The molecule has 0 unspecified atom stereocenters. The van der Waals surface area contributed by atoms with Crippen molar-refractivity contribution in [2.45, 2.75) is 63.9 Å². The number of unbranched alkanes of at least 4 members (excludes halogenated alkanes) is 6. The topological polar surface area (TPSA) is 78.7 Å². The minimum atomic E-state index is -0.679. The first kappa shape index (κ1) is 24.9. The van der Waals surface area contributed by atoms with Gasteiger partial charge in [0.25, 0.3) is 0 Å². The zero-order valence-corrected chi connectivity index (χ0v) is 20.3. The number of aldehydes is 1. The summed E-state index contributed by atoms with van der Waals surface area (Å²) in [7, 11) is 0. The van der Waals surface area contributed by atoms with Crippen LogP contribution in [0.5, 0.6) is 0 Å². The largest absolute Gasteiger partial charge is 0.446 e. The summed E-state index contributed by atoms with van der Waals surface area (Å²) in [5.74, 6) is 0. The number of carbonyl (C=O) groups is 3. The Morgan fingerprint density at radius 3 is 2.37 bits per heavy atom. The number of carbonyl (C=O) groups excluding carboxylic acids is 3. The minimum Gasteiger partial charge on any atom is -0.446 e. The number of piperidine rings is 1. The average Bonchev–Trinajstić information content (AvgIpc) is 3.62. The molecule has 4 rings (SSSR count). The zero-order valence-electron chi connectivity index (χ0n) is 20.3. The lowest BCUT2D eigenvalue weighted by Crippen LogP contribution is -2.42. The molecule has 7 heteroatoms. The lowest BCUT2D eigenvalue weighted by molar-refractivity contribution is -0.107. The molecule has 0 saturated carbocycles. The van der Waals surface area contributed by atoms with Crippen LogP contribution in [0.25, 0.3) is 11.1 Å². The number of rotatable bonds is 11. The van der Waals surface area contributed by atoms with Crippen LogP contribution in [0.2, 0.25) is 0 Å². The molecule has 1 fully saturated rings. The van der Waals surface area contributed by atoms with Crippen molar-refractivity contribution in [3.63, 3.8) is 0 Å². The molecule has 0 radical (unpaired) electrons. The first-order valence-electron chi connectivity index (χ1n) is 12.8. The average molecular weight is 478 g/mol. The Hall–Kier alpha value is -3.19. The van der Waals surface area contributed by atoms with Crippen LogP contribution in [-0.2, 0) is 9.53 Å². The quantitative estimate of drug-likeness (QED) is 0.242. The van der Waals surface area contributed by atoms with Crippen LogP contribution in [0.3, 0.4) is 0 Å². The third-order valence-corrected chi connectivity index (χ3v) is 6.78. The highest BCUT2D eigenvalue weighted by Crippen LogP contribution is 2.53. The van der Waals surface area contributed by atoms with Gasteiger partial charge in [-0.2, -0.15) is 0 Å². The van der Waals surface area contributed by atoms with Gasteiger partial charge in [0.05, 0.1) is 11.4 Å². The monoisotopic (exact) mass is 477 g/mol. The molecular weight excluding hydrogens is 442 g/mol. The molecule has 2 heterocycles. The van der Waals surface area contributed by atoms with Crippen molar-refractivity contribution in [3.8, 4) is 11.1 Å². The molecular formula is C28H35N3O4. The highest BCUT2D eigenvalue weighted by Gasteiger charge is 2.39. The third-order valence-electron chi connectivity index (χ3n) is 6.78. The summed E-state index contributed by atoms with van der Waals surface area (Å²) in [6.07, 6.45) is 9.39. The van der Waals surface area contributed by atoms with Crippen LogP contribution in [0.4, 0.5) is 21.0 Å². The van der Waals surface area contributed by atoms with E-state index >= 15 is 0 Å². The van der Waals surface area contributed by atoms with E-state index in [0.29, 0.717) is 6.42 Å². The molecule has 2 aromatic carbocycles. The third kappa shape index (κ3) is 6.92. The molecule has 186 valence electrons. The number of fused-ring (bicyclic) bond motifs is 1. The van der Waals surface area contributed by atoms with Gasteiger partial charge in [-0.25, -0.2) is 14.9 Å². The minimum absolute atomic E-state index is 0.159. The van der Waals surface area contributed by atoms with E-state index in [4.69, 9.17) is 4.74 Å². The molecule has 2 aliphatic rings. The number of imide groups is 1. The Bertz CT molecular complexity index is 1000. The lowest BCUT2D eigenvalue weighted by atomic mass is 10.1. The summed E-state index contributed by atoms with van der Waals surface area (Å²) >= 11 is 0. The van der Waals surface area contributed by atoms with Crippen LogP contribution < -0.4 is 10.2 Å². The Balaban J connectivity index is 1.13. The van der Waals surface area contributed by atoms with Crippen molar-refractivity contribution in [2.24, 2.45) is 0 Å². The van der Waals surface area contributed by atoms with Gasteiger partial charge in [-0.05, 0) is 43.9 Å². The van der Waals surface area contributed by atoms with Gasteiger partial charge < -0.3 is 14.4 Å². The fourth-order valence-electron chi connectivity index (χ4n) is 4.81. The second-order valence-electron chi connectivity index (χ2n) is 9.33. The summed E-state index contributed by atoms with van der Waals surface area (Å²) in [5, 5.41) is 2.39. The van der Waals surface area contributed by atoms with Gasteiger partial charge in [0, 0.05) is 25.1 Å². The molecule has 2 aromatic rings. The highest BCUT2D eigenvalue weighted by molar-refractivity contribution is 6.21. The van der Waals surface area contributed by atoms with Crippen molar-refractivity contribution in [2.75, 3.05) is 24.5 Å². The smallest absolute Gasteiger partial charge is 0.415 e. The number of alkyl carbamates (subject to hydrolysis) is 1. The van der Waals surface area contributed by atoms with Crippen molar-refractivity contribution < 1.29 is 19.1 Å². The number of nitrogens with zero attached hydrogens (tertiary/aromatic N) is 2. The van der Waals surface area contributed by atoms with E-state index in [1.165, 1.54) is 30.6 Å². The van der Waals surface area contributed by atoms with Gasteiger partial charge in [0.15, 0.2) is 0 Å². The van der Waals surface area contributed by atoms with E-state index in [1.807, 2.05) is 48.5 Å². The lowest BCUT2D eigenvalue weighted by Gasteiger charge is -2.31. The standard InChI is InChI=1S/C28H35N3O4/c32-21-10-5-3-1-2-4-9-18-30-19-16-23(17-20-30)35-28(34)29-27(33)31-25-15-11-14-24(26(25)31)22-12-7-6-8-13-22/h6-8,11-15,21,23H,1-5,9-10,16-20H2,(H,29,33,34). The first-order valence-corrected chi connectivity index (χ1v) is 12.8. The SMILES string of the molecule is O=CCCCCCCCCN1CCC(OC(=O)NC(=O)N2c3cccc(-c4ccccc4)c32)CC1. The zero-order chi connectivity index (χ0) is 24.5. The normalized spacial score (nSPS) is 15.4. The number of hydrogen-bond donors (Lipinski definition) is 1. The maximum absolute atomic E-state index is 12.7. The fraction of sp³-hybridized carbons (Fsp3) is 0.464. The van der Waals surface area contributed by atoms with Crippen molar-refractivity contribution in [1.82, 2.24) is 10.2 Å². The molecule has 0 spiro atoms. The first-order chi connectivity index (χ1) is 17.2. The second-order valence-corrected chi connectivity index (χ2v) is 9.33. The van der Waals surface area contributed by atoms with Gasteiger partial charge in [0.2, 0.25) is 0 Å². The van der Waals surface area contributed by atoms with Gasteiger partial charge in [-0.15, -0.1) is 0 Å². The Morgan fingerprint density at radius 2 is 1.63 bits per heavy atom. The second kappa shape index (κ2) is 12.5. The number of nitrogens with one attached hydrogen (secondary N) is 1. The van der Waals surface area contributed by atoms with Crippen LogP contribution in [0.1, 0.15) is 57.8 Å². The predicted octanol–water partition coefficient (Wildman–Crippen LogP) is 6.05. The summed E-state index contributed by atoms with van der Waals surface area (Å²) < 4.78 is 5.54. The summed E-state index contributed by atoms with van der Waals surface area (Å²) in [5.41, 5.74) is 3.64. The number of likely N-dealkylation sites (tertiary alicyclic amines) is 1.